The van der Waals surface area contributed by atoms with Gasteiger partial charge in [0, 0.05) is 11.6 Å². The van der Waals surface area contributed by atoms with E-state index in [9.17, 15) is 4.79 Å². The van der Waals surface area contributed by atoms with E-state index in [4.69, 9.17) is 4.74 Å². The fourth-order valence-corrected chi connectivity index (χ4v) is 1.46. The molecule has 0 bridgehead atoms. The van der Waals surface area contributed by atoms with Crippen molar-refractivity contribution in [3.8, 4) is 5.75 Å². The molecule has 0 spiro atoms. The molecular weight excluding hydrogens is 252 g/mol. The van der Waals surface area contributed by atoms with E-state index in [1.165, 1.54) is 0 Å². The van der Waals surface area contributed by atoms with Gasteiger partial charge in [0.25, 0.3) is 5.91 Å². The predicted octanol–water partition coefficient (Wildman–Crippen LogP) is 2.80. The maximum Gasteiger partial charge on any atom is 0.252 e. The molecule has 0 aliphatic rings. The minimum atomic E-state index is -0.0978. The van der Waals surface area contributed by atoms with Crippen LogP contribution in [0.1, 0.15) is 45.0 Å². The molecule has 4 heteroatoms. The zero-order chi connectivity index (χ0) is 15.2. The average Bonchev–Trinajstić information content (AvgIpc) is 2.35. The first-order valence-electron chi connectivity index (χ1n) is 7.02. The van der Waals surface area contributed by atoms with Gasteiger partial charge >= 0.3 is 0 Å². The Kier molecular flexibility index (Phi) is 6.02. The Bertz CT molecular complexity index is 436. The van der Waals surface area contributed by atoms with Crippen LogP contribution in [0, 0.1) is 5.41 Å². The standard InChI is InChI=1S/C16H26N2O2/c1-12(2)17-11-18-15(19)13-7-6-8-14(9-13)20-10-16(3,4)5/h6-9,12,17H,10-11H2,1-5H3,(H,18,19). The molecule has 0 radical (unpaired) electrons. The smallest absolute Gasteiger partial charge is 0.252 e. The molecule has 0 heterocycles. The van der Waals surface area contributed by atoms with Crippen LogP contribution in [0.2, 0.25) is 0 Å². The van der Waals surface area contributed by atoms with Gasteiger partial charge in [-0.25, -0.2) is 0 Å². The molecule has 112 valence electrons. The highest BCUT2D eigenvalue weighted by atomic mass is 16.5. The summed E-state index contributed by atoms with van der Waals surface area (Å²) in [6.45, 7) is 11.5. The van der Waals surface area contributed by atoms with Crippen LogP contribution in [-0.2, 0) is 0 Å². The number of carbonyl (C=O) groups is 1. The van der Waals surface area contributed by atoms with Gasteiger partial charge in [-0.15, -0.1) is 0 Å². The van der Waals surface area contributed by atoms with E-state index in [-0.39, 0.29) is 11.3 Å². The molecule has 2 N–H and O–H groups in total. The highest BCUT2D eigenvalue weighted by Gasteiger charge is 2.12. The molecule has 1 amide bonds. The first-order chi connectivity index (χ1) is 9.28. The summed E-state index contributed by atoms with van der Waals surface area (Å²) in [5.41, 5.74) is 0.710. The fraction of sp³-hybridized carbons (Fsp3) is 0.562. The minimum absolute atomic E-state index is 0.0967. The lowest BCUT2D eigenvalue weighted by atomic mass is 9.99. The van der Waals surface area contributed by atoms with Gasteiger partial charge in [-0.2, -0.15) is 0 Å². The highest BCUT2D eigenvalue weighted by Crippen LogP contribution is 2.18. The van der Waals surface area contributed by atoms with Crippen molar-refractivity contribution in [3.63, 3.8) is 0 Å². The topological polar surface area (TPSA) is 50.4 Å². The number of hydrogen-bond acceptors (Lipinski definition) is 3. The van der Waals surface area contributed by atoms with E-state index >= 15 is 0 Å². The maximum atomic E-state index is 12.0. The number of nitrogens with one attached hydrogen (secondary N) is 2. The van der Waals surface area contributed by atoms with E-state index < -0.39 is 0 Å². The van der Waals surface area contributed by atoms with Gasteiger partial charge in [0.05, 0.1) is 13.3 Å². The van der Waals surface area contributed by atoms with Crippen LogP contribution in [0.15, 0.2) is 24.3 Å². The van der Waals surface area contributed by atoms with Gasteiger partial charge in [0.1, 0.15) is 5.75 Å². The van der Waals surface area contributed by atoms with Gasteiger partial charge < -0.3 is 10.1 Å². The van der Waals surface area contributed by atoms with Gasteiger partial charge in [-0.3, -0.25) is 10.1 Å². The van der Waals surface area contributed by atoms with Gasteiger partial charge in [-0.05, 0) is 37.5 Å². The highest BCUT2D eigenvalue weighted by molar-refractivity contribution is 5.94. The van der Waals surface area contributed by atoms with Crippen molar-refractivity contribution in [1.82, 2.24) is 10.6 Å². The third-order valence-corrected chi connectivity index (χ3v) is 2.53. The third kappa shape index (κ3) is 6.57. The molecule has 0 unspecified atom stereocenters. The van der Waals surface area contributed by atoms with Crippen LogP contribution >= 0.6 is 0 Å². The molecule has 0 atom stereocenters. The quantitative estimate of drug-likeness (QED) is 0.787. The molecule has 4 nitrogen and oxygen atoms in total. The van der Waals surface area contributed by atoms with E-state index in [1.807, 2.05) is 26.0 Å². The van der Waals surface area contributed by atoms with Crippen molar-refractivity contribution in [3.05, 3.63) is 29.8 Å². The second-order valence-electron chi connectivity index (χ2n) is 6.42. The summed E-state index contributed by atoms with van der Waals surface area (Å²) in [7, 11) is 0. The van der Waals surface area contributed by atoms with Gasteiger partial charge in [0.15, 0.2) is 0 Å². The summed E-state index contributed by atoms with van der Waals surface area (Å²) in [6, 6.07) is 7.61. The largest absolute Gasteiger partial charge is 0.493 e. The zero-order valence-electron chi connectivity index (χ0n) is 13.1. The summed E-state index contributed by atoms with van der Waals surface area (Å²) < 4.78 is 5.71. The number of carbonyl (C=O) groups excluding carboxylic acids is 1. The van der Waals surface area contributed by atoms with E-state index in [0.717, 1.165) is 5.75 Å². The molecule has 1 aromatic carbocycles. The van der Waals surface area contributed by atoms with Crippen LogP contribution in [-0.4, -0.2) is 25.2 Å². The normalized spacial score (nSPS) is 11.5. The number of rotatable bonds is 6. The zero-order valence-corrected chi connectivity index (χ0v) is 13.1. The van der Waals surface area contributed by atoms with Crippen molar-refractivity contribution in [2.75, 3.05) is 13.3 Å². The Hall–Kier alpha value is -1.55. The SMILES string of the molecule is CC(C)NCNC(=O)c1cccc(OCC(C)(C)C)c1. The van der Waals surface area contributed by atoms with Gasteiger partial charge in [-0.1, -0.05) is 26.8 Å². The van der Waals surface area contributed by atoms with Crippen molar-refractivity contribution in [2.45, 2.75) is 40.7 Å². The first-order valence-corrected chi connectivity index (χ1v) is 7.02. The van der Waals surface area contributed by atoms with Crippen molar-refractivity contribution in [1.29, 1.82) is 0 Å². The maximum absolute atomic E-state index is 12.0. The molecule has 20 heavy (non-hydrogen) atoms. The number of hydrogen-bond donors (Lipinski definition) is 2. The molecule has 0 aliphatic carbocycles. The molecule has 0 aliphatic heterocycles. The Morgan fingerprint density at radius 3 is 2.60 bits per heavy atom. The van der Waals surface area contributed by atoms with E-state index in [2.05, 4.69) is 31.4 Å². The van der Waals surface area contributed by atoms with Crippen LogP contribution in [0.4, 0.5) is 0 Å². The Labute approximate surface area is 121 Å². The second kappa shape index (κ2) is 7.29. The van der Waals surface area contributed by atoms with Crippen molar-refractivity contribution in [2.24, 2.45) is 5.41 Å². The van der Waals surface area contributed by atoms with Crippen LogP contribution in [0.25, 0.3) is 0 Å². The Balaban J connectivity index is 2.56. The molecule has 0 fully saturated rings. The summed E-state index contributed by atoms with van der Waals surface area (Å²) in [5, 5.41) is 5.97. The summed E-state index contributed by atoms with van der Waals surface area (Å²) in [5.74, 6) is 0.628. The Morgan fingerprint density at radius 1 is 1.30 bits per heavy atom. The second-order valence-corrected chi connectivity index (χ2v) is 6.42. The van der Waals surface area contributed by atoms with Crippen molar-refractivity contribution < 1.29 is 9.53 Å². The first kappa shape index (κ1) is 16.5. The Morgan fingerprint density at radius 2 is 2.00 bits per heavy atom. The monoisotopic (exact) mass is 278 g/mol. The summed E-state index contributed by atoms with van der Waals surface area (Å²) in [6.07, 6.45) is 0. The lowest BCUT2D eigenvalue weighted by molar-refractivity contribution is 0.0949. The molecule has 0 saturated carbocycles. The molecule has 1 aromatic rings. The van der Waals surface area contributed by atoms with Crippen LogP contribution in [0.3, 0.4) is 0 Å². The molecule has 0 saturated heterocycles. The number of amides is 1. The third-order valence-electron chi connectivity index (χ3n) is 2.53. The molecular formula is C16H26N2O2. The summed E-state index contributed by atoms with van der Waals surface area (Å²) >= 11 is 0. The minimum Gasteiger partial charge on any atom is -0.493 e. The fourth-order valence-electron chi connectivity index (χ4n) is 1.46. The summed E-state index contributed by atoms with van der Waals surface area (Å²) in [4.78, 5) is 12.0. The van der Waals surface area contributed by atoms with Gasteiger partial charge in [0.2, 0.25) is 0 Å². The number of ether oxygens (including phenoxy) is 1. The van der Waals surface area contributed by atoms with E-state index in [0.29, 0.717) is 24.9 Å². The lowest BCUT2D eigenvalue weighted by Gasteiger charge is -2.19. The molecule has 0 aromatic heterocycles. The predicted molar refractivity (Wildman–Crippen MR) is 82.0 cm³/mol. The van der Waals surface area contributed by atoms with E-state index in [1.54, 1.807) is 12.1 Å². The number of benzene rings is 1. The van der Waals surface area contributed by atoms with Crippen molar-refractivity contribution >= 4 is 5.91 Å². The van der Waals surface area contributed by atoms with Crippen LogP contribution in [0.5, 0.6) is 5.75 Å². The molecule has 1 rings (SSSR count). The lowest BCUT2D eigenvalue weighted by Crippen LogP contribution is -2.37. The average molecular weight is 278 g/mol. The van der Waals surface area contributed by atoms with Crippen LogP contribution < -0.4 is 15.4 Å².